The van der Waals surface area contributed by atoms with Crippen LogP contribution < -0.4 is 10.1 Å². The number of hydrogen-bond acceptors (Lipinski definition) is 4. The van der Waals surface area contributed by atoms with Crippen molar-refractivity contribution in [3.63, 3.8) is 0 Å². The maximum absolute atomic E-state index is 12.6. The maximum atomic E-state index is 12.6. The molecule has 2 amide bonds. The molecule has 0 aromatic heterocycles. The predicted molar refractivity (Wildman–Crippen MR) is 113 cm³/mol. The number of carbonyl (C=O) groups is 2. The summed E-state index contributed by atoms with van der Waals surface area (Å²) in [5.41, 5.74) is 0.984. The number of benzene rings is 2. The molecule has 0 aliphatic carbocycles. The Kier molecular flexibility index (Phi) is 7.36. The molecule has 29 heavy (non-hydrogen) atoms. The summed E-state index contributed by atoms with van der Waals surface area (Å²) in [7, 11) is 1.57. The van der Waals surface area contributed by atoms with Crippen molar-refractivity contribution in [3.8, 4) is 5.75 Å². The van der Waals surface area contributed by atoms with Crippen molar-refractivity contribution in [2.24, 2.45) is 0 Å². The van der Waals surface area contributed by atoms with E-state index in [-0.39, 0.29) is 24.5 Å². The van der Waals surface area contributed by atoms with Gasteiger partial charge in [0.2, 0.25) is 5.91 Å². The van der Waals surface area contributed by atoms with Crippen molar-refractivity contribution in [2.45, 2.75) is 18.9 Å². The van der Waals surface area contributed by atoms with E-state index in [4.69, 9.17) is 32.7 Å². The first kappa shape index (κ1) is 21.4. The zero-order valence-electron chi connectivity index (χ0n) is 16.0. The molecule has 1 atom stereocenters. The number of rotatable bonds is 7. The van der Waals surface area contributed by atoms with Crippen LogP contribution in [0, 0.1) is 0 Å². The number of anilines is 1. The molecule has 1 aliphatic rings. The van der Waals surface area contributed by atoms with Crippen LogP contribution in [0.25, 0.3) is 0 Å². The zero-order valence-corrected chi connectivity index (χ0v) is 17.5. The van der Waals surface area contributed by atoms with Crippen LogP contribution in [0.2, 0.25) is 10.0 Å². The second-order valence-electron chi connectivity index (χ2n) is 6.81. The minimum Gasteiger partial charge on any atom is -0.491 e. The van der Waals surface area contributed by atoms with E-state index in [1.54, 1.807) is 49.5 Å². The van der Waals surface area contributed by atoms with E-state index in [9.17, 15) is 9.59 Å². The van der Waals surface area contributed by atoms with E-state index in [1.165, 1.54) is 4.90 Å². The highest BCUT2D eigenvalue weighted by molar-refractivity contribution is 6.42. The van der Waals surface area contributed by atoms with Crippen molar-refractivity contribution in [1.29, 1.82) is 0 Å². The summed E-state index contributed by atoms with van der Waals surface area (Å²) < 4.78 is 11.2. The summed E-state index contributed by atoms with van der Waals surface area (Å²) in [6.07, 6.45) is 2.20. The van der Waals surface area contributed by atoms with Crippen LogP contribution >= 0.6 is 23.2 Å². The Morgan fingerprint density at radius 3 is 2.59 bits per heavy atom. The molecule has 1 heterocycles. The van der Waals surface area contributed by atoms with Crippen molar-refractivity contribution in [2.75, 3.05) is 32.1 Å². The minimum absolute atomic E-state index is 0.101. The van der Waals surface area contributed by atoms with Gasteiger partial charge in [0.05, 0.1) is 22.7 Å². The Morgan fingerprint density at radius 2 is 1.93 bits per heavy atom. The highest BCUT2D eigenvalue weighted by Crippen LogP contribution is 2.25. The van der Waals surface area contributed by atoms with E-state index < -0.39 is 0 Å². The van der Waals surface area contributed by atoms with Gasteiger partial charge in [0.25, 0.3) is 5.91 Å². The lowest BCUT2D eigenvalue weighted by Crippen LogP contribution is -2.34. The second kappa shape index (κ2) is 9.96. The van der Waals surface area contributed by atoms with Gasteiger partial charge in [-0.05, 0) is 55.3 Å². The van der Waals surface area contributed by atoms with Crippen LogP contribution in [0.3, 0.4) is 0 Å². The highest BCUT2D eigenvalue weighted by atomic mass is 35.5. The Morgan fingerprint density at radius 1 is 1.17 bits per heavy atom. The Balaban J connectivity index is 1.50. The van der Waals surface area contributed by atoms with Crippen molar-refractivity contribution < 1.29 is 19.1 Å². The first-order valence-electron chi connectivity index (χ1n) is 9.27. The van der Waals surface area contributed by atoms with Crippen LogP contribution in [-0.4, -0.2) is 49.6 Å². The van der Waals surface area contributed by atoms with Gasteiger partial charge in [0.15, 0.2) is 0 Å². The van der Waals surface area contributed by atoms with Gasteiger partial charge in [-0.2, -0.15) is 0 Å². The van der Waals surface area contributed by atoms with Gasteiger partial charge < -0.3 is 19.7 Å². The summed E-state index contributed by atoms with van der Waals surface area (Å²) in [4.78, 5) is 26.1. The predicted octanol–water partition coefficient (Wildman–Crippen LogP) is 4.26. The molecule has 2 aromatic carbocycles. The van der Waals surface area contributed by atoms with Gasteiger partial charge >= 0.3 is 0 Å². The van der Waals surface area contributed by atoms with Crippen LogP contribution in [0.1, 0.15) is 23.2 Å². The van der Waals surface area contributed by atoms with E-state index in [1.807, 2.05) is 0 Å². The van der Waals surface area contributed by atoms with Crippen LogP contribution in [0.5, 0.6) is 5.75 Å². The van der Waals surface area contributed by atoms with E-state index in [0.29, 0.717) is 33.7 Å². The summed E-state index contributed by atoms with van der Waals surface area (Å²) in [6.45, 7) is 1.19. The topological polar surface area (TPSA) is 67.9 Å². The quantitative estimate of drug-likeness (QED) is 0.703. The summed E-state index contributed by atoms with van der Waals surface area (Å²) in [5, 5.41) is 3.44. The maximum Gasteiger partial charge on any atom is 0.254 e. The summed E-state index contributed by atoms with van der Waals surface area (Å²) in [6, 6.07) is 11.6. The van der Waals surface area contributed by atoms with Crippen LogP contribution in [-0.2, 0) is 9.53 Å². The molecule has 0 radical (unpaired) electrons. The number of amides is 2. The average Bonchev–Trinajstić information content (AvgIpc) is 3.22. The number of hydrogen-bond donors (Lipinski definition) is 1. The lowest BCUT2D eigenvalue weighted by molar-refractivity contribution is -0.116. The van der Waals surface area contributed by atoms with E-state index >= 15 is 0 Å². The second-order valence-corrected chi connectivity index (χ2v) is 7.62. The lowest BCUT2D eigenvalue weighted by Gasteiger charge is -2.17. The molecule has 0 spiro atoms. The Bertz CT molecular complexity index is 867. The molecule has 2 aromatic rings. The third-order valence-corrected chi connectivity index (χ3v) is 5.23. The zero-order chi connectivity index (χ0) is 20.8. The minimum atomic E-state index is -0.337. The third kappa shape index (κ3) is 6.10. The number of ether oxygens (including phenoxy) is 2. The summed E-state index contributed by atoms with van der Waals surface area (Å²) >= 11 is 11.8. The van der Waals surface area contributed by atoms with Gasteiger partial charge in [-0.3, -0.25) is 9.59 Å². The van der Waals surface area contributed by atoms with Crippen LogP contribution in [0.15, 0.2) is 42.5 Å². The largest absolute Gasteiger partial charge is 0.491 e. The highest BCUT2D eigenvalue weighted by Gasteiger charge is 2.17. The fourth-order valence-electron chi connectivity index (χ4n) is 2.94. The molecule has 1 aliphatic heterocycles. The van der Waals surface area contributed by atoms with E-state index in [2.05, 4.69) is 5.32 Å². The number of carbonyl (C=O) groups excluding carboxylic acids is 2. The van der Waals surface area contributed by atoms with Gasteiger partial charge in [0, 0.05) is 24.9 Å². The molecule has 1 fully saturated rings. The first-order chi connectivity index (χ1) is 13.9. The fraction of sp³-hybridized carbons (Fsp3) is 0.333. The molecule has 3 rings (SSSR count). The molecule has 6 nitrogen and oxygen atoms in total. The van der Waals surface area contributed by atoms with Crippen molar-refractivity contribution >= 4 is 40.7 Å². The molecule has 0 bridgehead atoms. The number of halogens is 2. The monoisotopic (exact) mass is 436 g/mol. The van der Waals surface area contributed by atoms with Gasteiger partial charge in [-0.15, -0.1) is 0 Å². The number of nitrogens with one attached hydrogen (secondary N) is 1. The first-order valence-corrected chi connectivity index (χ1v) is 10.0. The number of nitrogens with zero attached hydrogens (tertiary/aromatic N) is 1. The van der Waals surface area contributed by atoms with E-state index in [0.717, 1.165) is 19.4 Å². The molecule has 0 saturated carbocycles. The van der Waals surface area contributed by atoms with Crippen molar-refractivity contribution in [3.05, 3.63) is 58.1 Å². The van der Waals surface area contributed by atoms with Crippen molar-refractivity contribution in [1.82, 2.24) is 4.90 Å². The molecule has 1 unspecified atom stereocenters. The SMILES string of the molecule is CN(CC(=O)Nc1ccc(Cl)c(Cl)c1)C(=O)c1ccc(OCC2CCCO2)cc1. The molecule has 1 N–H and O–H groups in total. The molecule has 1 saturated heterocycles. The normalized spacial score (nSPS) is 15.8. The molecule has 8 heteroatoms. The third-order valence-electron chi connectivity index (χ3n) is 4.49. The van der Waals surface area contributed by atoms with Gasteiger partial charge in [-0.25, -0.2) is 0 Å². The molecule has 154 valence electrons. The lowest BCUT2D eigenvalue weighted by atomic mass is 10.2. The standard InChI is InChI=1S/C21H22Cl2N2O4/c1-25(12-20(26)24-15-6-9-18(22)19(23)11-15)21(27)14-4-7-16(8-5-14)29-13-17-3-2-10-28-17/h4-9,11,17H,2-3,10,12-13H2,1H3,(H,24,26). The molecular formula is C21H22Cl2N2O4. The smallest absolute Gasteiger partial charge is 0.254 e. The Hall–Kier alpha value is -2.28. The average molecular weight is 437 g/mol. The summed E-state index contributed by atoms with van der Waals surface area (Å²) in [5.74, 6) is 0.0767. The number of likely N-dealkylation sites (N-methyl/N-ethyl adjacent to an activating group) is 1. The molecular weight excluding hydrogens is 415 g/mol. The fourth-order valence-corrected chi connectivity index (χ4v) is 3.24. The van der Waals surface area contributed by atoms with Crippen LogP contribution in [0.4, 0.5) is 5.69 Å². The Labute approximate surface area is 179 Å². The van der Waals surface area contributed by atoms with Gasteiger partial charge in [-0.1, -0.05) is 23.2 Å². The van der Waals surface area contributed by atoms with Gasteiger partial charge in [0.1, 0.15) is 12.4 Å².